The molecular formula is C17H18FN3O4S. The second-order valence-electron chi connectivity index (χ2n) is 5.70. The lowest BCUT2D eigenvalue weighted by atomic mass is 10.3. The zero-order valence-corrected chi connectivity index (χ0v) is 15.1. The maximum absolute atomic E-state index is 14.3. The number of thiazole rings is 1. The zero-order valence-electron chi connectivity index (χ0n) is 14.2. The Labute approximate surface area is 152 Å². The third-order valence-electron chi connectivity index (χ3n) is 3.98. The van der Waals surface area contributed by atoms with Gasteiger partial charge in [-0.2, -0.15) is 4.99 Å². The molecule has 1 saturated heterocycles. The van der Waals surface area contributed by atoms with Crippen LogP contribution in [0.3, 0.4) is 0 Å². The molecule has 1 aromatic heterocycles. The van der Waals surface area contributed by atoms with E-state index in [1.807, 2.05) is 6.92 Å². The van der Waals surface area contributed by atoms with E-state index in [9.17, 15) is 18.8 Å². The number of carbonyl (C=O) groups excluding carboxylic acids is 3. The molecular weight excluding hydrogens is 361 g/mol. The van der Waals surface area contributed by atoms with Crippen molar-refractivity contribution in [3.63, 3.8) is 0 Å². The molecule has 1 aliphatic rings. The van der Waals surface area contributed by atoms with Crippen molar-refractivity contribution < 1.29 is 23.5 Å². The molecule has 0 atom stereocenters. The van der Waals surface area contributed by atoms with Crippen LogP contribution in [0.25, 0.3) is 10.2 Å². The Morgan fingerprint density at radius 2 is 2.04 bits per heavy atom. The summed E-state index contributed by atoms with van der Waals surface area (Å²) in [6.07, 6.45) is 0.239. The number of hydrogen-bond donors (Lipinski definition) is 0. The van der Waals surface area contributed by atoms with Crippen molar-refractivity contribution in [2.24, 2.45) is 4.99 Å². The molecule has 0 radical (unpaired) electrons. The number of halogens is 1. The number of amides is 3. The summed E-state index contributed by atoms with van der Waals surface area (Å²) in [5, 5.41) is 0. The number of imide groups is 1. The fourth-order valence-corrected chi connectivity index (χ4v) is 3.84. The van der Waals surface area contributed by atoms with Crippen LogP contribution in [0.15, 0.2) is 23.2 Å². The lowest BCUT2D eigenvalue weighted by molar-refractivity contribution is -0.141. The number of fused-ring (bicyclic) bond motifs is 1. The predicted molar refractivity (Wildman–Crippen MR) is 92.8 cm³/mol. The second kappa shape index (κ2) is 7.88. The molecule has 138 valence electrons. The van der Waals surface area contributed by atoms with Crippen LogP contribution in [-0.2, 0) is 25.7 Å². The molecule has 0 saturated carbocycles. The highest BCUT2D eigenvalue weighted by Gasteiger charge is 2.30. The van der Waals surface area contributed by atoms with Crippen LogP contribution in [0.5, 0.6) is 0 Å². The van der Waals surface area contributed by atoms with Crippen molar-refractivity contribution in [1.29, 1.82) is 0 Å². The average molecular weight is 379 g/mol. The van der Waals surface area contributed by atoms with Gasteiger partial charge >= 0.3 is 0 Å². The van der Waals surface area contributed by atoms with E-state index < -0.39 is 11.7 Å². The molecule has 7 nitrogen and oxygen atoms in total. The molecule has 0 bridgehead atoms. The Morgan fingerprint density at radius 1 is 1.31 bits per heavy atom. The van der Waals surface area contributed by atoms with Gasteiger partial charge in [0, 0.05) is 26.0 Å². The quantitative estimate of drug-likeness (QED) is 0.562. The third kappa shape index (κ3) is 3.73. The number of hydrogen-bond acceptors (Lipinski definition) is 5. The van der Waals surface area contributed by atoms with Gasteiger partial charge in [0.15, 0.2) is 4.80 Å². The van der Waals surface area contributed by atoms with Gasteiger partial charge in [-0.3, -0.25) is 19.3 Å². The number of rotatable bonds is 6. The molecule has 0 aliphatic carbocycles. The number of ether oxygens (including phenoxy) is 1. The van der Waals surface area contributed by atoms with Gasteiger partial charge in [-0.15, -0.1) is 0 Å². The summed E-state index contributed by atoms with van der Waals surface area (Å²) in [5.74, 6) is -1.77. The van der Waals surface area contributed by atoms with Crippen LogP contribution in [0.1, 0.15) is 19.8 Å². The molecule has 0 N–H and O–H groups in total. The van der Waals surface area contributed by atoms with Crippen molar-refractivity contribution in [3.05, 3.63) is 28.8 Å². The first-order chi connectivity index (χ1) is 12.5. The topological polar surface area (TPSA) is 81.0 Å². The predicted octanol–water partition coefficient (Wildman–Crippen LogP) is 1.45. The minimum Gasteiger partial charge on any atom is -0.380 e. The number of benzene rings is 1. The van der Waals surface area contributed by atoms with E-state index in [-0.39, 0.29) is 31.2 Å². The number of likely N-dealkylation sites (tertiary alicyclic amines) is 1. The summed E-state index contributed by atoms with van der Waals surface area (Å²) in [5.41, 5.74) is 0.358. The molecule has 2 aromatic rings. The molecule has 1 fully saturated rings. The van der Waals surface area contributed by atoms with E-state index >= 15 is 0 Å². The highest BCUT2D eigenvalue weighted by molar-refractivity contribution is 7.16. The van der Waals surface area contributed by atoms with E-state index in [2.05, 4.69) is 4.99 Å². The largest absolute Gasteiger partial charge is 0.380 e. The van der Waals surface area contributed by atoms with Crippen LogP contribution < -0.4 is 4.80 Å². The maximum Gasteiger partial charge on any atom is 0.268 e. The summed E-state index contributed by atoms with van der Waals surface area (Å²) in [7, 11) is 0. The fourth-order valence-electron chi connectivity index (χ4n) is 2.76. The standard InChI is InChI=1S/C17H18FN3O4S/c1-2-25-9-8-20-16-11(18)4-3-5-12(16)26-17(20)19-13(22)10-21-14(23)6-7-15(21)24/h3-5H,2,6-10H2,1H3. The molecule has 26 heavy (non-hydrogen) atoms. The lowest BCUT2D eigenvalue weighted by Gasteiger charge is -2.10. The first-order valence-corrected chi connectivity index (χ1v) is 9.09. The summed E-state index contributed by atoms with van der Waals surface area (Å²) < 4.78 is 21.8. The van der Waals surface area contributed by atoms with Crippen molar-refractivity contribution >= 4 is 39.3 Å². The number of aromatic nitrogens is 1. The summed E-state index contributed by atoms with van der Waals surface area (Å²) in [4.78, 5) is 40.8. The zero-order chi connectivity index (χ0) is 18.7. The van der Waals surface area contributed by atoms with E-state index in [1.54, 1.807) is 16.7 Å². The highest BCUT2D eigenvalue weighted by atomic mass is 32.1. The van der Waals surface area contributed by atoms with Crippen molar-refractivity contribution in [1.82, 2.24) is 9.47 Å². The van der Waals surface area contributed by atoms with Crippen molar-refractivity contribution in [2.45, 2.75) is 26.3 Å². The SMILES string of the molecule is CCOCCn1c(=NC(=O)CN2C(=O)CCC2=O)sc2cccc(F)c21. The molecule has 9 heteroatoms. The van der Waals surface area contributed by atoms with Gasteiger partial charge < -0.3 is 9.30 Å². The van der Waals surface area contributed by atoms with Gasteiger partial charge in [0.05, 0.1) is 16.8 Å². The van der Waals surface area contributed by atoms with Gasteiger partial charge in [-0.05, 0) is 19.1 Å². The van der Waals surface area contributed by atoms with Gasteiger partial charge in [0.25, 0.3) is 5.91 Å². The summed E-state index contributed by atoms with van der Waals surface area (Å²) in [6.45, 7) is 2.68. The molecule has 0 unspecified atom stereocenters. The van der Waals surface area contributed by atoms with Gasteiger partial charge in [-0.25, -0.2) is 4.39 Å². The molecule has 1 aliphatic heterocycles. The minimum atomic E-state index is -0.620. The van der Waals surface area contributed by atoms with Crippen LogP contribution in [0.4, 0.5) is 4.39 Å². The Hall–Kier alpha value is -2.39. The van der Waals surface area contributed by atoms with Crippen LogP contribution in [-0.4, -0.2) is 46.9 Å². The van der Waals surface area contributed by atoms with Gasteiger partial charge in [0.1, 0.15) is 12.4 Å². The van der Waals surface area contributed by atoms with E-state index in [0.29, 0.717) is 34.8 Å². The first kappa shape index (κ1) is 18.4. The summed E-state index contributed by atoms with van der Waals surface area (Å²) in [6, 6.07) is 4.69. The highest BCUT2D eigenvalue weighted by Crippen LogP contribution is 2.20. The second-order valence-corrected chi connectivity index (χ2v) is 6.71. The molecule has 0 spiro atoms. The number of para-hydroxylation sites is 1. The molecule has 3 amide bonds. The Balaban J connectivity index is 1.94. The minimum absolute atomic E-state index is 0.120. The van der Waals surface area contributed by atoms with Crippen LogP contribution in [0.2, 0.25) is 0 Å². The molecule has 3 rings (SSSR count). The fraction of sp³-hybridized carbons (Fsp3) is 0.412. The monoisotopic (exact) mass is 379 g/mol. The Kier molecular flexibility index (Phi) is 5.58. The van der Waals surface area contributed by atoms with Gasteiger partial charge in [0.2, 0.25) is 11.8 Å². The third-order valence-corrected chi connectivity index (χ3v) is 5.03. The van der Waals surface area contributed by atoms with Crippen molar-refractivity contribution in [3.8, 4) is 0 Å². The van der Waals surface area contributed by atoms with E-state index in [0.717, 1.165) is 4.90 Å². The Morgan fingerprint density at radius 3 is 2.73 bits per heavy atom. The Bertz CT molecular complexity index is 918. The van der Waals surface area contributed by atoms with Crippen molar-refractivity contribution in [2.75, 3.05) is 19.8 Å². The normalized spacial score (nSPS) is 15.5. The van der Waals surface area contributed by atoms with Gasteiger partial charge in [-0.1, -0.05) is 17.4 Å². The molecule has 2 heterocycles. The van der Waals surface area contributed by atoms with Crippen LogP contribution in [0, 0.1) is 5.82 Å². The van der Waals surface area contributed by atoms with Crippen LogP contribution >= 0.6 is 11.3 Å². The number of carbonyl (C=O) groups is 3. The lowest BCUT2D eigenvalue weighted by Crippen LogP contribution is -2.34. The van der Waals surface area contributed by atoms with E-state index in [1.165, 1.54) is 17.4 Å². The molecule has 1 aromatic carbocycles. The first-order valence-electron chi connectivity index (χ1n) is 8.27. The maximum atomic E-state index is 14.3. The van der Waals surface area contributed by atoms with E-state index in [4.69, 9.17) is 4.74 Å². The number of nitrogens with zero attached hydrogens (tertiary/aromatic N) is 3. The average Bonchev–Trinajstić information content (AvgIpc) is 3.11. The summed E-state index contributed by atoms with van der Waals surface area (Å²) >= 11 is 1.18. The smallest absolute Gasteiger partial charge is 0.268 e.